The van der Waals surface area contributed by atoms with Gasteiger partial charge in [-0.1, -0.05) is 17.7 Å². The minimum absolute atomic E-state index is 0.00514. The molecule has 0 unspecified atom stereocenters. The molecular formula is C10H9ClN2O2. The van der Waals surface area contributed by atoms with Gasteiger partial charge in [0.25, 0.3) is 0 Å². The Morgan fingerprint density at radius 3 is 3.00 bits per heavy atom. The van der Waals surface area contributed by atoms with E-state index < -0.39 is 5.97 Å². The first-order valence-corrected chi connectivity index (χ1v) is 4.80. The van der Waals surface area contributed by atoms with E-state index in [4.69, 9.17) is 16.7 Å². The van der Waals surface area contributed by atoms with E-state index in [1.165, 1.54) is 0 Å². The second-order valence-electron chi connectivity index (χ2n) is 3.31. The highest BCUT2D eigenvalue weighted by Crippen LogP contribution is 2.18. The summed E-state index contributed by atoms with van der Waals surface area (Å²) >= 11 is 5.89. The molecule has 0 amide bonds. The molecule has 5 heteroatoms. The number of nitrogens with zero attached hydrogens (tertiary/aromatic N) is 2. The molecule has 2 aromatic rings. The number of aryl methyl sites for hydroxylation is 1. The highest BCUT2D eigenvalue weighted by Gasteiger charge is 2.07. The number of imidazole rings is 1. The third-order valence-electron chi connectivity index (χ3n) is 2.19. The van der Waals surface area contributed by atoms with Crippen LogP contribution in [0.4, 0.5) is 0 Å². The van der Waals surface area contributed by atoms with E-state index in [-0.39, 0.29) is 6.42 Å². The van der Waals surface area contributed by atoms with E-state index in [2.05, 4.69) is 4.98 Å². The van der Waals surface area contributed by atoms with Gasteiger partial charge in [-0.15, -0.1) is 0 Å². The van der Waals surface area contributed by atoms with Gasteiger partial charge in [-0.25, -0.2) is 4.98 Å². The van der Waals surface area contributed by atoms with Crippen molar-refractivity contribution in [2.75, 3.05) is 0 Å². The van der Waals surface area contributed by atoms with Crippen LogP contribution in [-0.4, -0.2) is 20.5 Å². The normalized spacial score (nSPS) is 10.8. The van der Waals surface area contributed by atoms with Crippen molar-refractivity contribution in [2.24, 2.45) is 0 Å². The molecule has 0 atom stereocenters. The van der Waals surface area contributed by atoms with Crippen molar-refractivity contribution in [3.8, 4) is 0 Å². The molecule has 0 saturated carbocycles. The summed E-state index contributed by atoms with van der Waals surface area (Å²) in [5, 5.41) is 9.10. The number of carboxylic acid groups (broad SMARTS) is 1. The highest BCUT2D eigenvalue weighted by atomic mass is 35.5. The number of halogens is 1. The second-order valence-corrected chi connectivity index (χ2v) is 3.67. The number of fused-ring (bicyclic) bond motifs is 1. The van der Waals surface area contributed by atoms with Gasteiger partial charge < -0.3 is 9.51 Å². The minimum atomic E-state index is -0.849. The zero-order chi connectivity index (χ0) is 11.0. The molecule has 0 aromatic carbocycles. The zero-order valence-electron chi connectivity index (χ0n) is 8.07. The third-order valence-corrected chi connectivity index (χ3v) is 2.46. The molecule has 2 heterocycles. The van der Waals surface area contributed by atoms with Crippen LogP contribution in [0.25, 0.3) is 5.52 Å². The maximum Gasteiger partial charge on any atom is 0.307 e. The summed E-state index contributed by atoms with van der Waals surface area (Å²) in [6.45, 7) is 1.82. The van der Waals surface area contributed by atoms with Gasteiger partial charge in [0.15, 0.2) is 5.15 Å². The predicted octanol–water partition coefficient (Wildman–Crippen LogP) is 1.92. The van der Waals surface area contributed by atoms with Crippen LogP contribution >= 0.6 is 11.6 Å². The van der Waals surface area contributed by atoms with Crippen LogP contribution in [0, 0.1) is 6.92 Å². The predicted molar refractivity (Wildman–Crippen MR) is 56.3 cm³/mol. The van der Waals surface area contributed by atoms with Crippen molar-refractivity contribution in [2.45, 2.75) is 13.3 Å². The number of pyridine rings is 1. The second kappa shape index (κ2) is 3.55. The molecule has 0 fully saturated rings. The fourth-order valence-corrected chi connectivity index (χ4v) is 1.79. The Labute approximate surface area is 91.1 Å². The summed E-state index contributed by atoms with van der Waals surface area (Å²) in [6, 6.07) is 3.52. The van der Waals surface area contributed by atoms with Gasteiger partial charge in [0.05, 0.1) is 11.9 Å². The van der Waals surface area contributed by atoms with E-state index in [0.717, 1.165) is 16.9 Å². The fourth-order valence-electron chi connectivity index (χ4n) is 1.51. The standard InChI is InChI=1S/C10H9ClN2O2/c1-6-12-10(11)8-3-2-7(4-9(14)15)5-13(6)8/h2-3,5H,4H2,1H3,(H,14,15). The molecule has 0 bridgehead atoms. The number of hydrogen-bond acceptors (Lipinski definition) is 2. The summed E-state index contributed by atoms with van der Waals surface area (Å²) in [4.78, 5) is 14.6. The molecule has 2 aromatic heterocycles. The maximum absolute atomic E-state index is 10.5. The minimum Gasteiger partial charge on any atom is -0.481 e. The Kier molecular flexibility index (Phi) is 2.36. The topological polar surface area (TPSA) is 54.6 Å². The monoisotopic (exact) mass is 224 g/mol. The summed E-state index contributed by atoms with van der Waals surface area (Å²) in [6.07, 6.45) is 1.75. The SMILES string of the molecule is Cc1nc(Cl)c2ccc(CC(=O)O)cn12. The molecule has 4 nitrogen and oxygen atoms in total. The van der Waals surface area contributed by atoms with Gasteiger partial charge >= 0.3 is 5.97 Å². The molecule has 0 aliphatic heterocycles. The van der Waals surface area contributed by atoms with Crippen molar-refractivity contribution >= 4 is 23.1 Å². The van der Waals surface area contributed by atoms with Crippen molar-refractivity contribution < 1.29 is 9.90 Å². The van der Waals surface area contributed by atoms with Gasteiger partial charge in [-0.2, -0.15) is 0 Å². The first kappa shape index (κ1) is 9.98. The molecule has 1 N–H and O–H groups in total. The Bertz CT molecular complexity index is 533. The fraction of sp³-hybridized carbons (Fsp3) is 0.200. The average molecular weight is 225 g/mol. The first-order valence-electron chi connectivity index (χ1n) is 4.43. The van der Waals surface area contributed by atoms with Gasteiger partial charge in [0, 0.05) is 6.20 Å². The van der Waals surface area contributed by atoms with Crippen molar-refractivity contribution in [3.05, 3.63) is 34.9 Å². The van der Waals surface area contributed by atoms with E-state index in [9.17, 15) is 4.79 Å². The molecule has 0 radical (unpaired) electrons. The van der Waals surface area contributed by atoms with Crippen LogP contribution in [-0.2, 0) is 11.2 Å². The van der Waals surface area contributed by atoms with E-state index in [1.807, 2.05) is 6.92 Å². The molecule has 0 aliphatic carbocycles. The molecule has 0 aliphatic rings. The van der Waals surface area contributed by atoms with E-state index in [0.29, 0.717) is 5.15 Å². The molecule has 78 valence electrons. The van der Waals surface area contributed by atoms with E-state index >= 15 is 0 Å². The summed E-state index contributed by atoms with van der Waals surface area (Å²) in [7, 11) is 0. The molecular weight excluding hydrogens is 216 g/mol. The quantitative estimate of drug-likeness (QED) is 0.848. The number of aromatic nitrogens is 2. The van der Waals surface area contributed by atoms with Crippen LogP contribution in [0.1, 0.15) is 11.4 Å². The first-order chi connectivity index (χ1) is 7.08. The average Bonchev–Trinajstić information content (AvgIpc) is 2.41. The summed E-state index contributed by atoms with van der Waals surface area (Å²) in [5.41, 5.74) is 1.52. The lowest BCUT2D eigenvalue weighted by Crippen LogP contribution is -2.01. The van der Waals surface area contributed by atoms with Crippen molar-refractivity contribution in [1.29, 1.82) is 0 Å². The maximum atomic E-state index is 10.5. The molecule has 0 saturated heterocycles. The number of aliphatic carboxylic acids is 1. The van der Waals surface area contributed by atoms with Gasteiger partial charge in [0.1, 0.15) is 5.82 Å². The number of carboxylic acids is 1. The Hall–Kier alpha value is -1.55. The largest absolute Gasteiger partial charge is 0.481 e. The number of rotatable bonds is 2. The lowest BCUT2D eigenvalue weighted by atomic mass is 10.2. The van der Waals surface area contributed by atoms with Gasteiger partial charge in [-0.3, -0.25) is 4.79 Å². The Balaban J connectivity index is 2.55. The molecule has 0 spiro atoms. The molecule has 15 heavy (non-hydrogen) atoms. The van der Waals surface area contributed by atoms with Crippen LogP contribution in [0.3, 0.4) is 0 Å². The van der Waals surface area contributed by atoms with Crippen LogP contribution in [0.2, 0.25) is 5.15 Å². The van der Waals surface area contributed by atoms with Crippen LogP contribution in [0.5, 0.6) is 0 Å². The summed E-state index contributed by atoms with van der Waals surface area (Å²) < 4.78 is 1.79. The van der Waals surface area contributed by atoms with E-state index in [1.54, 1.807) is 22.7 Å². The van der Waals surface area contributed by atoms with Crippen LogP contribution in [0.15, 0.2) is 18.3 Å². The van der Waals surface area contributed by atoms with Gasteiger partial charge in [0.2, 0.25) is 0 Å². The number of carbonyl (C=O) groups is 1. The molecule has 2 rings (SSSR count). The Morgan fingerprint density at radius 2 is 2.33 bits per heavy atom. The summed E-state index contributed by atoms with van der Waals surface area (Å²) in [5.74, 6) is -0.0968. The number of hydrogen-bond donors (Lipinski definition) is 1. The van der Waals surface area contributed by atoms with Crippen LogP contribution < -0.4 is 0 Å². The Morgan fingerprint density at radius 1 is 1.60 bits per heavy atom. The smallest absolute Gasteiger partial charge is 0.307 e. The zero-order valence-corrected chi connectivity index (χ0v) is 8.82. The highest BCUT2D eigenvalue weighted by molar-refractivity contribution is 6.32. The lowest BCUT2D eigenvalue weighted by Gasteiger charge is -2.00. The van der Waals surface area contributed by atoms with Gasteiger partial charge in [-0.05, 0) is 18.6 Å². The van der Waals surface area contributed by atoms with Crippen molar-refractivity contribution in [3.63, 3.8) is 0 Å². The van der Waals surface area contributed by atoms with Crippen molar-refractivity contribution in [1.82, 2.24) is 9.38 Å². The third kappa shape index (κ3) is 1.80. The lowest BCUT2D eigenvalue weighted by molar-refractivity contribution is -0.136.